The number of carbonyl (C=O) groups excluding carboxylic acids is 1. The maximum absolute atomic E-state index is 12.0. The van der Waals surface area contributed by atoms with Crippen LogP contribution in [0, 0.1) is 5.92 Å². The van der Waals surface area contributed by atoms with Crippen molar-refractivity contribution in [1.82, 2.24) is 15.1 Å². The SMILES string of the molecule is CCC1CCCCC1NC(=O)Nc1cnn(CC(=O)O)c1. The van der Waals surface area contributed by atoms with Gasteiger partial charge in [0.15, 0.2) is 0 Å². The first kappa shape index (κ1) is 15.3. The summed E-state index contributed by atoms with van der Waals surface area (Å²) in [5, 5.41) is 18.3. The van der Waals surface area contributed by atoms with E-state index in [9.17, 15) is 9.59 Å². The molecule has 2 atom stereocenters. The number of rotatable bonds is 5. The topological polar surface area (TPSA) is 96.3 Å². The van der Waals surface area contributed by atoms with Crippen LogP contribution in [-0.4, -0.2) is 32.9 Å². The van der Waals surface area contributed by atoms with Gasteiger partial charge in [0, 0.05) is 12.2 Å². The number of hydrogen-bond acceptors (Lipinski definition) is 3. The van der Waals surface area contributed by atoms with Gasteiger partial charge < -0.3 is 15.7 Å². The van der Waals surface area contributed by atoms with Gasteiger partial charge in [-0.15, -0.1) is 0 Å². The number of carbonyl (C=O) groups is 2. The fourth-order valence-electron chi connectivity index (χ4n) is 2.88. The third kappa shape index (κ3) is 4.47. The highest BCUT2D eigenvalue weighted by Gasteiger charge is 2.25. The molecule has 1 fully saturated rings. The molecular weight excluding hydrogens is 272 g/mol. The molecule has 21 heavy (non-hydrogen) atoms. The van der Waals surface area contributed by atoms with Crippen LogP contribution in [0.4, 0.5) is 10.5 Å². The van der Waals surface area contributed by atoms with Crippen molar-refractivity contribution in [2.45, 2.75) is 51.6 Å². The Morgan fingerprint density at radius 1 is 1.43 bits per heavy atom. The van der Waals surface area contributed by atoms with Gasteiger partial charge >= 0.3 is 12.0 Å². The van der Waals surface area contributed by atoms with Crippen molar-refractivity contribution in [2.24, 2.45) is 5.92 Å². The van der Waals surface area contributed by atoms with Crippen LogP contribution >= 0.6 is 0 Å². The molecule has 1 aromatic heterocycles. The van der Waals surface area contributed by atoms with Crippen LogP contribution in [0.2, 0.25) is 0 Å². The van der Waals surface area contributed by atoms with Crippen LogP contribution in [0.15, 0.2) is 12.4 Å². The van der Waals surface area contributed by atoms with Gasteiger partial charge in [-0.2, -0.15) is 5.10 Å². The summed E-state index contributed by atoms with van der Waals surface area (Å²) < 4.78 is 1.27. The second kappa shape index (κ2) is 7.10. The van der Waals surface area contributed by atoms with Gasteiger partial charge in [0.05, 0.1) is 11.9 Å². The first-order valence-electron chi connectivity index (χ1n) is 7.40. The predicted molar refractivity (Wildman–Crippen MR) is 78.1 cm³/mol. The minimum atomic E-state index is -0.970. The monoisotopic (exact) mass is 294 g/mol. The fraction of sp³-hybridized carbons (Fsp3) is 0.643. The predicted octanol–water partition coefficient (Wildman–Crippen LogP) is 2.06. The molecule has 0 aromatic carbocycles. The second-order valence-electron chi connectivity index (χ2n) is 5.48. The fourth-order valence-corrected chi connectivity index (χ4v) is 2.88. The van der Waals surface area contributed by atoms with Gasteiger partial charge in [-0.25, -0.2) is 4.79 Å². The van der Waals surface area contributed by atoms with Gasteiger partial charge in [0.2, 0.25) is 0 Å². The van der Waals surface area contributed by atoms with E-state index in [0.717, 1.165) is 25.7 Å². The van der Waals surface area contributed by atoms with Crippen molar-refractivity contribution in [3.63, 3.8) is 0 Å². The summed E-state index contributed by atoms with van der Waals surface area (Å²) in [6.45, 7) is 1.93. The summed E-state index contributed by atoms with van der Waals surface area (Å²) in [7, 11) is 0. The lowest BCUT2D eigenvalue weighted by Gasteiger charge is -2.31. The molecule has 7 nitrogen and oxygen atoms in total. The Kier molecular flexibility index (Phi) is 5.19. The highest BCUT2D eigenvalue weighted by Crippen LogP contribution is 2.26. The summed E-state index contributed by atoms with van der Waals surface area (Å²) in [5.41, 5.74) is 0.498. The molecule has 0 spiro atoms. The number of anilines is 1. The smallest absolute Gasteiger partial charge is 0.325 e. The summed E-state index contributed by atoms with van der Waals surface area (Å²) in [4.78, 5) is 22.6. The molecule has 7 heteroatoms. The minimum absolute atomic E-state index is 0.218. The van der Waals surface area contributed by atoms with Gasteiger partial charge in [-0.05, 0) is 18.8 Å². The average molecular weight is 294 g/mol. The van der Waals surface area contributed by atoms with Crippen molar-refractivity contribution in [2.75, 3.05) is 5.32 Å². The zero-order chi connectivity index (χ0) is 15.2. The molecule has 1 aliphatic carbocycles. The van der Waals surface area contributed by atoms with E-state index in [4.69, 9.17) is 5.11 Å². The molecule has 116 valence electrons. The molecule has 1 saturated carbocycles. The maximum atomic E-state index is 12.0. The quantitative estimate of drug-likeness (QED) is 0.774. The number of nitrogens with one attached hydrogen (secondary N) is 2. The Bertz CT molecular complexity index is 500. The molecule has 3 N–H and O–H groups in total. The molecule has 0 bridgehead atoms. The van der Waals surface area contributed by atoms with E-state index in [-0.39, 0.29) is 18.6 Å². The highest BCUT2D eigenvalue weighted by molar-refractivity contribution is 5.89. The van der Waals surface area contributed by atoms with Crippen LogP contribution in [0.5, 0.6) is 0 Å². The third-order valence-electron chi connectivity index (χ3n) is 3.94. The molecule has 1 aliphatic rings. The molecule has 2 amide bonds. The number of aromatic nitrogens is 2. The number of hydrogen-bond donors (Lipinski definition) is 3. The highest BCUT2D eigenvalue weighted by atomic mass is 16.4. The van der Waals surface area contributed by atoms with E-state index in [1.165, 1.54) is 23.5 Å². The van der Waals surface area contributed by atoms with E-state index in [0.29, 0.717) is 11.6 Å². The Morgan fingerprint density at radius 2 is 2.19 bits per heavy atom. The Labute approximate surface area is 123 Å². The van der Waals surface area contributed by atoms with Gasteiger partial charge in [0.1, 0.15) is 6.54 Å². The van der Waals surface area contributed by atoms with Gasteiger partial charge in [-0.3, -0.25) is 9.48 Å². The molecule has 2 unspecified atom stereocenters. The molecule has 0 radical (unpaired) electrons. The van der Waals surface area contributed by atoms with Crippen LogP contribution in [0.25, 0.3) is 0 Å². The zero-order valence-electron chi connectivity index (χ0n) is 12.2. The van der Waals surface area contributed by atoms with Gasteiger partial charge in [-0.1, -0.05) is 26.2 Å². The van der Waals surface area contributed by atoms with Crippen molar-refractivity contribution in [3.8, 4) is 0 Å². The zero-order valence-corrected chi connectivity index (χ0v) is 12.2. The molecule has 0 saturated heterocycles. The normalized spacial score (nSPS) is 21.8. The van der Waals surface area contributed by atoms with E-state index >= 15 is 0 Å². The standard InChI is InChI=1S/C14H22N4O3/c1-2-10-5-3-4-6-12(10)17-14(21)16-11-7-15-18(8-11)9-13(19)20/h7-8,10,12H,2-6,9H2,1H3,(H,19,20)(H2,16,17,21). The molecular formula is C14H22N4O3. The van der Waals surface area contributed by atoms with Crippen LogP contribution in [0.1, 0.15) is 39.0 Å². The second-order valence-corrected chi connectivity index (χ2v) is 5.48. The Morgan fingerprint density at radius 3 is 2.90 bits per heavy atom. The molecule has 2 rings (SSSR count). The van der Waals surface area contributed by atoms with E-state index in [1.807, 2.05) is 0 Å². The van der Waals surface area contributed by atoms with Crippen LogP contribution in [-0.2, 0) is 11.3 Å². The first-order chi connectivity index (χ1) is 10.1. The van der Waals surface area contributed by atoms with Crippen LogP contribution in [0.3, 0.4) is 0 Å². The summed E-state index contributed by atoms with van der Waals surface area (Å²) in [6, 6.07) is -0.0342. The minimum Gasteiger partial charge on any atom is -0.480 e. The first-order valence-corrected chi connectivity index (χ1v) is 7.40. The lowest BCUT2D eigenvalue weighted by Crippen LogP contribution is -2.43. The van der Waals surface area contributed by atoms with Crippen molar-refractivity contribution in [1.29, 1.82) is 0 Å². The number of carboxylic acid groups (broad SMARTS) is 1. The van der Waals surface area contributed by atoms with E-state index in [2.05, 4.69) is 22.7 Å². The summed E-state index contributed by atoms with van der Waals surface area (Å²) in [6.07, 6.45) is 8.59. The lowest BCUT2D eigenvalue weighted by molar-refractivity contribution is -0.137. The van der Waals surface area contributed by atoms with E-state index < -0.39 is 5.97 Å². The lowest BCUT2D eigenvalue weighted by atomic mass is 9.83. The largest absolute Gasteiger partial charge is 0.480 e. The number of nitrogens with zero attached hydrogens (tertiary/aromatic N) is 2. The van der Waals surface area contributed by atoms with Crippen LogP contribution < -0.4 is 10.6 Å². The van der Waals surface area contributed by atoms with Gasteiger partial charge in [0.25, 0.3) is 0 Å². The average Bonchev–Trinajstić information content (AvgIpc) is 2.85. The molecule has 0 aliphatic heterocycles. The van der Waals surface area contributed by atoms with Crippen molar-refractivity contribution in [3.05, 3.63) is 12.4 Å². The number of aliphatic carboxylic acids is 1. The van der Waals surface area contributed by atoms with Crippen molar-refractivity contribution >= 4 is 17.7 Å². The molecule has 1 aromatic rings. The maximum Gasteiger partial charge on any atom is 0.325 e. The number of amides is 2. The number of carboxylic acids is 1. The Balaban J connectivity index is 1.86. The third-order valence-corrected chi connectivity index (χ3v) is 3.94. The summed E-state index contributed by atoms with van der Waals surface area (Å²) >= 11 is 0. The Hall–Kier alpha value is -2.05. The number of urea groups is 1. The van der Waals surface area contributed by atoms with Crippen molar-refractivity contribution < 1.29 is 14.7 Å². The summed E-state index contributed by atoms with van der Waals surface area (Å²) in [5.74, 6) is -0.429. The molecule has 1 heterocycles. The van der Waals surface area contributed by atoms with E-state index in [1.54, 1.807) is 0 Å².